The van der Waals surface area contributed by atoms with Gasteiger partial charge < -0.3 is 5.32 Å². The number of rotatable bonds is 2. The van der Waals surface area contributed by atoms with Crippen molar-refractivity contribution in [1.29, 1.82) is 0 Å². The predicted octanol–water partition coefficient (Wildman–Crippen LogP) is 5.73. The number of benzene rings is 1. The zero-order chi connectivity index (χ0) is 13.8. The quantitative estimate of drug-likeness (QED) is 0.723. The second-order valence-electron chi connectivity index (χ2n) is 6.93. The SMILES string of the molecule is CC1(C)C2CCC1(C)C(Nc1cc(Cl)ccc1Br)C2. The van der Waals surface area contributed by atoms with Crippen molar-refractivity contribution in [2.75, 3.05) is 5.32 Å². The third-order valence-electron chi connectivity index (χ3n) is 6.05. The van der Waals surface area contributed by atoms with Crippen LogP contribution in [0.1, 0.15) is 40.0 Å². The van der Waals surface area contributed by atoms with E-state index in [1.807, 2.05) is 18.2 Å². The molecule has 1 N–H and O–H groups in total. The lowest BCUT2D eigenvalue weighted by Crippen LogP contribution is -2.40. The zero-order valence-corrected chi connectivity index (χ0v) is 14.1. The van der Waals surface area contributed by atoms with Crippen LogP contribution in [0.15, 0.2) is 22.7 Å². The number of hydrogen-bond acceptors (Lipinski definition) is 1. The second-order valence-corrected chi connectivity index (χ2v) is 8.22. The molecule has 104 valence electrons. The highest BCUT2D eigenvalue weighted by molar-refractivity contribution is 9.10. The summed E-state index contributed by atoms with van der Waals surface area (Å²) < 4.78 is 1.10. The summed E-state index contributed by atoms with van der Waals surface area (Å²) in [6.07, 6.45) is 4.00. The molecule has 19 heavy (non-hydrogen) atoms. The van der Waals surface area contributed by atoms with Gasteiger partial charge >= 0.3 is 0 Å². The van der Waals surface area contributed by atoms with E-state index in [0.717, 1.165) is 21.1 Å². The molecule has 0 saturated heterocycles. The Morgan fingerprint density at radius 3 is 2.63 bits per heavy atom. The Morgan fingerprint density at radius 1 is 1.32 bits per heavy atom. The Hall–Kier alpha value is -0.210. The monoisotopic (exact) mass is 341 g/mol. The molecule has 0 amide bonds. The topological polar surface area (TPSA) is 12.0 Å². The molecule has 0 heterocycles. The van der Waals surface area contributed by atoms with Gasteiger partial charge in [0.05, 0.1) is 5.69 Å². The lowest BCUT2D eigenvalue weighted by atomic mass is 9.69. The maximum absolute atomic E-state index is 6.11. The van der Waals surface area contributed by atoms with E-state index < -0.39 is 0 Å². The van der Waals surface area contributed by atoms with Gasteiger partial charge in [-0.15, -0.1) is 0 Å². The Labute approximate surface area is 129 Å². The van der Waals surface area contributed by atoms with Gasteiger partial charge in [0.2, 0.25) is 0 Å². The summed E-state index contributed by atoms with van der Waals surface area (Å²) in [7, 11) is 0. The van der Waals surface area contributed by atoms with Crippen molar-refractivity contribution in [3.8, 4) is 0 Å². The van der Waals surface area contributed by atoms with Crippen LogP contribution in [-0.4, -0.2) is 6.04 Å². The van der Waals surface area contributed by atoms with Crippen LogP contribution < -0.4 is 5.32 Å². The van der Waals surface area contributed by atoms with E-state index in [1.165, 1.54) is 19.3 Å². The maximum atomic E-state index is 6.11. The van der Waals surface area contributed by atoms with Crippen molar-refractivity contribution in [2.45, 2.75) is 46.1 Å². The standard InChI is InChI=1S/C16H21BrClN/c1-15(2)10-6-7-16(15,3)14(8-10)19-13-9-11(18)4-5-12(13)17/h4-5,9-10,14,19H,6-8H2,1-3H3. The molecule has 2 aliphatic rings. The van der Waals surface area contributed by atoms with E-state index in [4.69, 9.17) is 11.6 Å². The molecule has 0 radical (unpaired) electrons. The zero-order valence-electron chi connectivity index (χ0n) is 11.8. The van der Waals surface area contributed by atoms with E-state index in [1.54, 1.807) is 0 Å². The molecule has 2 bridgehead atoms. The van der Waals surface area contributed by atoms with Crippen molar-refractivity contribution in [3.63, 3.8) is 0 Å². The van der Waals surface area contributed by atoms with Gasteiger partial charge in [-0.2, -0.15) is 0 Å². The van der Waals surface area contributed by atoms with Crippen LogP contribution in [0, 0.1) is 16.7 Å². The molecular weight excluding hydrogens is 322 g/mol. The average Bonchev–Trinajstić information content (AvgIpc) is 2.67. The Balaban J connectivity index is 1.88. The van der Waals surface area contributed by atoms with Crippen molar-refractivity contribution in [3.05, 3.63) is 27.7 Å². The van der Waals surface area contributed by atoms with Crippen LogP contribution in [0.2, 0.25) is 5.02 Å². The van der Waals surface area contributed by atoms with Gasteiger partial charge in [0.1, 0.15) is 0 Å². The number of anilines is 1. The van der Waals surface area contributed by atoms with E-state index in [2.05, 4.69) is 42.0 Å². The molecule has 2 saturated carbocycles. The molecule has 3 atom stereocenters. The first kappa shape index (κ1) is 13.8. The van der Waals surface area contributed by atoms with Crippen LogP contribution >= 0.6 is 27.5 Å². The van der Waals surface area contributed by atoms with Crippen LogP contribution in [0.25, 0.3) is 0 Å². The molecule has 3 rings (SSSR count). The first-order chi connectivity index (χ1) is 8.84. The van der Waals surface area contributed by atoms with Crippen LogP contribution in [0.4, 0.5) is 5.69 Å². The van der Waals surface area contributed by atoms with Gasteiger partial charge in [-0.05, 0) is 70.1 Å². The summed E-state index contributed by atoms with van der Waals surface area (Å²) in [6, 6.07) is 6.51. The fourth-order valence-electron chi connectivity index (χ4n) is 4.22. The molecule has 2 aliphatic carbocycles. The molecule has 1 aromatic carbocycles. The normalized spacial score (nSPS) is 35.6. The lowest BCUT2D eigenvalue weighted by molar-refractivity contribution is 0.142. The second kappa shape index (κ2) is 4.39. The number of halogens is 2. The number of hydrogen-bond donors (Lipinski definition) is 1. The van der Waals surface area contributed by atoms with E-state index >= 15 is 0 Å². The average molecular weight is 343 g/mol. The van der Waals surface area contributed by atoms with E-state index in [9.17, 15) is 0 Å². The predicted molar refractivity (Wildman–Crippen MR) is 85.8 cm³/mol. The highest BCUT2D eigenvalue weighted by Gasteiger charge is 2.61. The minimum atomic E-state index is 0.388. The van der Waals surface area contributed by atoms with Gasteiger partial charge in [-0.3, -0.25) is 0 Å². The highest BCUT2D eigenvalue weighted by atomic mass is 79.9. The van der Waals surface area contributed by atoms with Crippen LogP contribution in [0.5, 0.6) is 0 Å². The first-order valence-corrected chi connectivity index (χ1v) is 8.23. The lowest BCUT2D eigenvalue weighted by Gasteiger charge is -2.40. The van der Waals surface area contributed by atoms with Crippen molar-refractivity contribution < 1.29 is 0 Å². The summed E-state index contributed by atoms with van der Waals surface area (Å²) in [5.74, 6) is 0.855. The Bertz CT molecular complexity index is 513. The molecule has 0 aromatic heterocycles. The molecule has 0 aliphatic heterocycles. The largest absolute Gasteiger partial charge is 0.381 e. The summed E-state index contributed by atoms with van der Waals surface area (Å²) in [4.78, 5) is 0. The smallest absolute Gasteiger partial charge is 0.0501 e. The van der Waals surface area contributed by atoms with Crippen LogP contribution in [0.3, 0.4) is 0 Å². The molecule has 3 unspecified atom stereocenters. The minimum Gasteiger partial charge on any atom is -0.381 e. The summed E-state index contributed by atoms with van der Waals surface area (Å²) in [6.45, 7) is 7.34. The van der Waals surface area contributed by atoms with E-state index in [0.29, 0.717) is 16.9 Å². The van der Waals surface area contributed by atoms with E-state index in [-0.39, 0.29) is 0 Å². The molecule has 0 spiro atoms. The van der Waals surface area contributed by atoms with Gasteiger partial charge in [0, 0.05) is 15.5 Å². The van der Waals surface area contributed by atoms with Crippen molar-refractivity contribution >= 4 is 33.2 Å². The number of fused-ring (bicyclic) bond motifs is 2. The first-order valence-electron chi connectivity index (χ1n) is 7.06. The van der Waals surface area contributed by atoms with Gasteiger partial charge in [0.15, 0.2) is 0 Å². The third-order valence-corrected chi connectivity index (χ3v) is 6.98. The molecule has 2 fully saturated rings. The third kappa shape index (κ3) is 1.94. The summed E-state index contributed by atoms with van der Waals surface area (Å²) >= 11 is 9.73. The summed E-state index contributed by atoms with van der Waals surface area (Å²) in [5, 5.41) is 4.54. The number of nitrogens with one attached hydrogen (secondary N) is 1. The minimum absolute atomic E-state index is 0.388. The fourth-order valence-corrected chi connectivity index (χ4v) is 4.75. The van der Waals surface area contributed by atoms with Gasteiger partial charge in [-0.1, -0.05) is 32.4 Å². The summed E-state index contributed by atoms with van der Waals surface area (Å²) in [5.41, 5.74) is 1.96. The molecule has 3 heteroatoms. The Morgan fingerprint density at radius 2 is 2.05 bits per heavy atom. The van der Waals surface area contributed by atoms with Gasteiger partial charge in [-0.25, -0.2) is 0 Å². The maximum Gasteiger partial charge on any atom is 0.0501 e. The van der Waals surface area contributed by atoms with Gasteiger partial charge in [0.25, 0.3) is 0 Å². The molecular formula is C16H21BrClN. The highest BCUT2D eigenvalue weighted by Crippen LogP contribution is 2.66. The van der Waals surface area contributed by atoms with Crippen molar-refractivity contribution in [1.82, 2.24) is 0 Å². The fraction of sp³-hybridized carbons (Fsp3) is 0.625. The van der Waals surface area contributed by atoms with Crippen LogP contribution in [-0.2, 0) is 0 Å². The van der Waals surface area contributed by atoms with Crippen molar-refractivity contribution in [2.24, 2.45) is 16.7 Å². The molecule has 1 nitrogen and oxygen atoms in total. The Kier molecular flexibility index (Phi) is 3.18. The molecule has 1 aromatic rings.